The van der Waals surface area contributed by atoms with Gasteiger partial charge in [-0.25, -0.2) is 0 Å². The van der Waals surface area contributed by atoms with Crippen LogP contribution in [0, 0.1) is 13.8 Å². The van der Waals surface area contributed by atoms with Gasteiger partial charge in [0.25, 0.3) is 5.91 Å². The first-order chi connectivity index (χ1) is 13.0. The summed E-state index contributed by atoms with van der Waals surface area (Å²) in [6.07, 6.45) is 1.74. The first kappa shape index (κ1) is 19.7. The van der Waals surface area contributed by atoms with Gasteiger partial charge in [0.2, 0.25) is 0 Å². The van der Waals surface area contributed by atoms with E-state index in [4.69, 9.17) is 21.1 Å². The molecule has 1 aliphatic rings. The average Bonchev–Trinajstić information content (AvgIpc) is 2.68. The Balaban J connectivity index is 1.60. The van der Waals surface area contributed by atoms with Crippen molar-refractivity contribution in [2.75, 3.05) is 26.4 Å². The summed E-state index contributed by atoms with van der Waals surface area (Å²) in [5.74, 6) is 0.597. The zero-order valence-electron chi connectivity index (χ0n) is 15.9. The zero-order chi connectivity index (χ0) is 19.3. The average molecular weight is 388 g/mol. The number of rotatable bonds is 6. The van der Waals surface area contributed by atoms with Crippen LogP contribution in [-0.2, 0) is 14.9 Å². The molecule has 27 heavy (non-hydrogen) atoms. The third-order valence-electron chi connectivity index (χ3n) is 5.38. The molecule has 1 amide bonds. The summed E-state index contributed by atoms with van der Waals surface area (Å²) in [5.41, 5.74) is 3.41. The maximum absolute atomic E-state index is 12.4. The number of hydrogen-bond acceptors (Lipinski definition) is 3. The summed E-state index contributed by atoms with van der Waals surface area (Å²) in [6, 6.07) is 13.7. The van der Waals surface area contributed by atoms with Gasteiger partial charge >= 0.3 is 0 Å². The molecule has 3 rings (SSSR count). The summed E-state index contributed by atoms with van der Waals surface area (Å²) >= 11 is 6.03. The van der Waals surface area contributed by atoms with Gasteiger partial charge in [-0.15, -0.1) is 0 Å². The summed E-state index contributed by atoms with van der Waals surface area (Å²) in [5, 5.41) is 3.76. The number of hydrogen-bond donors (Lipinski definition) is 1. The lowest BCUT2D eigenvalue weighted by Gasteiger charge is -2.38. The third-order valence-corrected chi connectivity index (χ3v) is 5.63. The van der Waals surface area contributed by atoms with Gasteiger partial charge in [-0.2, -0.15) is 0 Å². The monoisotopic (exact) mass is 387 g/mol. The maximum atomic E-state index is 12.4. The van der Waals surface area contributed by atoms with E-state index < -0.39 is 0 Å². The Kier molecular flexibility index (Phi) is 6.40. The predicted octanol–water partition coefficient (Wildman–Crippen LogP) is 4.20. The molecule has 1 aliphatic heterocycles. The number of amides is 1. The molecule has 0 radical (unpaired) electrons. The smallest absolute Gasteiger partial charge is 0.257 e. The second-order valence-electron chi connectivity index (χ2n) is 7.21. The lowest BCUT2D eigenvalue weighted by atomic mass is 9.74. The van der Waals surface area contributed by atoms with Gasteiger partial charge in [-0.1, -0.05) is 29.8 Å². The molecule has 0 atom stereocenters. The van der Waals surface area contributed by atoms with Crippen LogP contribution in [0.25, 0.3) is 0 Å². The van der Waals surface area contributed by atoms with Crippen molar-refractivity contribution < 1.29 is 14.3 Å². The van der Waals surface area contributed by atoms with Crippen molar-refractivity contribution in [3.63, 3.8) is 0 Å². The summed E-state index contributed by atoms with van der Waals surface area (Å²) in [6.45, 7) is 6.04. The second kappa shape index (κ2) is 8.77. The molecule has 2 aromatic carbocycles. The Morgan fingerprint density at radius 1 is 1.11 bits per heavy atom. The number of carbonyl (C=O) groups excluding carboxylic acids is 1. The highest BCUT2D eigenvalue weighted by Crippen LogP contribution is 2.34. The fourth-order valence-electron chi connectivity index (χ4n) is 3.40. The van der Waals surface area contributed by atoms with Gasteiger partial charge < -0.3 is 14.8 Å². The molecular weight excluding hydrogens is 362 g/mol. The van der Waals surface area contributed by atoms with Crippen molar-refractivity contribution in [2.45, 2.75) is 32.1 Å². The van der Waals surface area contributed by atoms with Crippen LogP contribution < -0.4 is 10.1 Å². The Bertz CT molecular complexity index is 783. The van der Waals surface area contributed by atoms with Gasteiger partial charge in [-0.3, -0.25) is 4.79 Å². The van der Waals surface area contributed by atoms with E-state index in [1.54, 1.807) is 0 Å². The largest absolute Gasteiger partial charge is 0.484 e. The molecule has 4 nitrogen and oxygen atoms in total. The lowest BCUT2D eigenvalue weighted by molar-refractivity contribution is -0.123. The zero-order valence-corrected chi connectivity index (χ0v) is 16.6. The summed E-state index contributed by atoms with van der Waals surface area (Å²) in [7, 11) is 0. The van der Waals surface area contributed by atoms with Crippen LogP contribution in [0.1, 0.15) is 29.5 Å². The van der Waals surface area contributed by atoms with E-state index in [9.17, 15) is 4.79 Å². The van der Waals surface area contributed by atoms with Gasteiger partial charge in [-0.05, 0) is 67.6 Å². The van der Waals surface area contributed by atoms with Gasteiger partial charge in [0.15, 0.2) is 6.61 Å². The van der Waals surface area contributed by atoms with Crippen molar-refractivity contribution >= 4 is 17.5 Å². The SMILES string of the molecule is Cc1ccc(OCC(=O)NCC2(c3ccc(Cl)cc3)CCOCC2)cc1C. The molecule has 2 aromatic rings. The number of carbonyl (C=O) groups is 1. The van der Waals surface area contributed by atoms with Crippen molar-refractivity contribution in [1.29, 1.82) is 0 Å². The number of benzene rings is 2. The quantitative estimate of drug-likeness (QED) is 0.808. The summed E-state index contributed by atoms with van der Waals surface area (Å²) < 4.78 is 11.2. The van der Waals surface area contributed by atoms with Gasteiger partial charge in [0.05, 0.1) is 0 Å². The molecule has 5 heteroatoms. The molecule has 1 N–H and O–H groups in total. The highest BCUT2D eigenvalue weighted by molar-refractivity contribution is 6.30. The normalized spacial score (nSPS) is 16.0. The molecule has 0 spiro atoms. The predicted molar refractivity (Wildman–Crippen MR) is 108 cm³/mol. The van der Waals surface area contributed by atoms with Crippen LogP contribution in [0.15, 0.2) is 42.5 Å². The minimum Gasteiger partial charge on any atom is -0.484 e. The van der Waals surface area contributed by atoms with E-state index in [1.807, 2.05) is 49.4 Å². The van der Waals surface area contributed by atoms with E-state index >= 15 is 0 Å². The molecule has 144 valence electrons. The molecule has 1 saturated heterocycles. The molecule has 1 fully saturated rings. The van der Waals surface area contributed by atoms with E-state index in [0.717, 1.165) is 18.4 Å². The number of nitrogens with one attached hydrogen (secondary N) is 1. The van der Waals surface area contributed by atoms with Crippen LogP contribution in [-0.4, -0.2) is 32.3 Å². The third kappa shape index (κ3) is 5.02. The van der Waals surface area contributed by atoms with Crippen LogP contribution in [0.4, 0.5) is 0 Å². The minimum absolute atomic E-state index is 0.00962. The van der Waals surface area contributed by atoms with Crippen molar-refractivity contribution in [3.05, 3.63) is 64.2 Å². The Hall–Kier alpha value is -2.04. The van der Waals surface area contributed by atoms with Gasteiger partial charge in [0.1, 0.15) is 5.75 Å². The van der Waals surface area contributed by atoms with Crippen molar-refractivity contribution in [3.8, 4) is 5.75 Å². The van der Waals surface area contributed by atoms with Crippen LogP contribution >= 0.6 is 11.6 Å². The molecule has 0 unspecified atom stereocenters. The summed E-state index contributed by atoms with van der Waals surface area (Å²) in [4.78, 5) is 12.4. The maximum Gasteiger partial charge on any atom is 0.257 e. The highest BCUT2D eigenvalue weighted by atomic mass is 35.5. The fourth-order valence-corrected chi connectivity index (χ4v) is 3.53. The molecular formula is C22H26ClNO3. The number of halogens is 1. The van der Waals surface area contributed by atoms with Crippen molar-refractivity contribution in [2.24, 2.45) is 0 Å². The molecule has 0 bridgehead atoms. The van der Waals surface area contributed by atoms with Crippen LogP contribution in [0.5, 0.6) is 5.75 Å². The Morgan fingerprint density at radius 3 is 2.48 bits per heavy atom. The second-order valence-corrected chi connectivity index (χ2v) is 7.65. The van der Waals surface area contributed by atoms with Crippen LogP contribution in [0.3, 0.4) is 0 Å². The van der Waals surface area contributed by atoms with Gasteiger partial charge in [0, 0.05) is 30.2 Å². The number of ether oxygens (including phenoxy) is 2. The molecule has 0 aromatic heterocycles. The Morgan fingerprint density at radius 2 is 1.81 bits per heavy atom. The fraction of sp³-hybridized carbons (Fsp3) is 0.409. The number of aryl methyl sites for hydroxylation is 2. The van der Waals surface area contributed by atoms with Crippen molar-refractivity contribution in [1.82, 2.24) is 5.32 Å². The molecule has 1 heterocycles. The molecule has 0 saturated carbocycles. The van der Waals surface area contributed by atoms with E-state index in [2.05, 4.69) is 12.2 Å². The Labute approximate surface area is 165 Å². The highest BCUT2D eigenvalue weighted by Gasteiger charge is 2.34. The van der Waals surface area contributed by atoms with E-state index in [1.165, 1.54) is 11.1 Å². The minimum atomic E-state index is -0.126. The first-order valence-electron chi connectivity index (χ1n) is 9.29. The topological polar surface area (TPSA) is 47.6 Å². The first-order valence-corrected chi connectivity index (χ1v) is 9.67. The van der Waals surface area contributed by atoms with E-state index in [0.29, 0.717) is 30.5 Å². The molecule has 0 aliphatic carbocycles. The van der Waals surface area contributed by atoms with E-state index in [-0.39, 0.29) is 17.9 Å². The van der Waals surface area contributed by atoms with Crippen LogP contribution in [0.2, 0.25) is 5.02 Å². The lowest BCUT2D eigenvalue weighted by Crippen LogP contribution is -2.45. The standard InChI is InChI=1S/C22H26ClNO3/c1-16-3-8-20(13-17(16)2)27-14-21(25)24-15-22(9-11-26-12-10-22)18-4-6-19(23)7-5-18/h3-8,13H,9-12,14-15H2,1-2H3,(H,24,25).